The number of aromatic nitrogens is 3. The fourth-order valence-corrected chi connectivity index (χ4v) is 4.86. The van der Waals surface area contributed by atoms with Crippen molar-refractivity contribution in [2.75, 3.05) is 11.1 Å². The number of hydrogen-bond acceptors (Lipinski definition) is 5. The molecule has 2 aliphatic rings. The van der Waals surface area contributed by atoms with E-state index in [-0.39, 0.29) is 22.5 Å². The molecule has 4 rings (SSSR count). The average Bonchev–Trinajstić information content (AvgIpc) is 2.93. The molecule has 25 heavy (non-hydrogen) atoms. The number of fused-ring (bicyclic) bond motifs is 5. The van der Waals surface area contributed by atoms with Crippen LogP contribution < -0.4 is 5.32 Å². The van der Waals surface area contributed by atoms with Gasteiger partial charge in [-0.25, -0.2) is 4.98 Å². The lowest BCUT2D eigenvalue weighted by Gasteiger charge is -2.33. The number of hydrogen-bond donors (Lipinski definition) is 1. The second-order valence-electron chi connectivity index (χ2n) is 7.68. The van der Waals surface area contributed by atoms with Crippen LogP contribution in [-0.2, 0) is 10.2 Å². The molecule has 2 aromatic rings. The maximum Gasteiger partial charge on any atom is 0.234 e. The number of thioether (sulfide) groups is 1. The number of anilines is 1. The van der Waals surface area contributed by atoms with Crippen molar-refractivity contribution in [2.24, 2.45) is 5.41 Å². The summed E-state index contributed by atoms with van der Waals surface area (Å²) in [6.07, 6.45) is 2.31. The van der Waals surface area contributed by atoms with Gasteiger partial charge in [0.05, 0.1) is 17.1 Å². The van der Waals surface area contributed by atoms with Crippen LogP contribution in [0.25, 0.3) is 0 Å². The first-order chi connectivity index (χ1) is 11.9. The van der Waals surface area contributed by atoms with Gasteiger partial charge in [0, 0.05) is 17.0 Å². The molecule has 0 aliphatic heterocycles. The molecular formula is C19H22N4OS. The van der Waals surface area contributed by atoms with Gasteiger partial charge in [0.15, 0.2) is 0 Å². The van der Waals surface area contributed by atoms with Gasteiger partial charge in [0.25, 0.3) is 0 Å². The van der Waals surface area contributed by atoms with Crippen molar-refractivity contribution < 1.29 is 4.79 Å². The summed E-state index contributed by atoms with van der Waals surface area (Å²) in [5, 5.41) is 12.2. The third-order valence-corrected chi connectivity index (χ3v) is 7.00. The minimum absolute atomic E-state index is 0.0601. The Morgan fingerprint density at radius 1 is 1.24 bits per heavy atom. The van der Waals surface area contributed by atoms with E-state index in [9.17, 15) is 4.79 Å². The Labute approximate surface area is 152 Å². The highest BCUT2D eigenvalue weighted by molar-refractivity contribution is 7.99. The zero-order valence-corrected chi connectivity index (χ0v) is 15.6. The fourth-order valence-electron chi connectivity index (χ4n) is 4.27. The Morgan fingerprint density at radius 3 is 2.76 bits per heavy atom. The Bertz CT molecular complexity index is 823. The van der Waals surface area contributed by atoms with Crippen LogP contribution in [0.4, 0.5) is 5.69 Å². The van der Waals surface area contributed by atoms with E-state index in [1.807, 2.05) is 30.3 Å². The van der Waals surface area contributed by atoms with Crippen LogP contribution in [0.1, 0.15) is 50.9 Å². The highest BCUT2D eigenvalue weighted by Gasteiger charge is 2.61. The van der Waals surface area contributed by atoms with Crippen LogP contribution in [0.5, 0.6) is 0 Å². The highest BCUT2D eigenvalue weighted by Crippen LogP contribution is 2.66. The van der Waals surface area contributed by atoms with Crippen molar-refractivity contribution in [3.05, 3.63) is 41.7 Å². The van der Waals surface area contributed by atoms with Crippen molar-refractivity contribution in [3.63, 3.8) is 0 Å². The van der Waals surface area contributed by atoms with Crippen molar-refractivity contribution in [3.8, 4) is 0 Å². The Balaban J connectivity index is 1.47. The highest BCUT2D eigenvalue weighted by atomic mass is 32.2. The van der Waals surface area contributed by atoms with E-state index in [4.69, 9.17) is 4.98 Å². The number of amides is 1. The molecule has 1 saturated carbocycles. The lowest BCUT2D eigenvalue weighted by Crippen LogP contribution is -2.32. The third-order valence-electron chi connectivity index (χ3n) is 6.16. The van der Waals surface area contributed by atoms with Crippen LogP contribution in [-0.4, -0.2) is 26.8 Å². The predicted octanol–water partition coefficient (Wildman–Crippen LogP) is 3.78. The van der Waals surface area contributed by atoms with Gasteiger partial charge in [0.2, 0.25) is 11.1 Å². The largest absolute Gasteiger partial charge is 0.325 e. The summed E-state index contributed by atoms with van der Waals surface area (Å²) in [4.78, 5) is 16.9. The summed E-state index contributed by atoms with van der Waals surface area (Å²) >= 11 is 1.34. The summed E-state index contributed by atoms with van der Waals surface area (Å²) in [7, 11) is 0. The lowest BCUT2D eigenvalue weighted by molar-refractivity contribution is -0.113. The molecule has 2 bridgehead atoms. The number of benzene rings is 1. The Hall–Kier alpha value is -1.95. The van der Waals surface area contributed by atoms with Gasteiger partial charge in [-0.15, -0.1) is 5.10 Å². The molecule has 1 aromatic heterocycles. The molecule has 130 valence electrons. The van der Waals surface area contributed by atoms with Crippen molar-refractivity contribution in [1.29, 1.82) is 0 Å². The zero-order valence-electron chi connectivity index (χ0n) is 14.7. The molecule has 0 radical (unpaired) electrons. The van der Waals surface area contributed by atoms with Gasteiger partial charge in [0.1, 0.15) is 0 Å². The normalized spacial score (nSPS) is 25.6. The summed E-state index contributed by atoms with van der Waals surface area (Å²) in [6, 6.07) is 9.46. The van der Waals surface area contributed by atoms with Gasteiger partial charge < -0.3 is 5.32 Å². The molecule has 0 spiro atoms. The third kappa shape index (κ3) is 2.54. The second-order valence-corrected chi connectivity index (χ2v) is 8.62. The molecule has 0 unspecified atom stereocenters. The zero-order chi connectivity index (χ0) is 17.7. The molecule has 6 heteroatoms. The molecule has 5 nitrogen and oxygen atoms in total. The molecule has 1 heterocycles. The number of carbonyl (C=O) groups excluding carboxylic acids is 1. The smallest absolute Gasteiger partial charge is 0.234 e. The Kier molecular flexibility index (Phi) is 3.83. The molecule has 1 aromatic carbocycles. The monoisotopic (exact) mass is 354 g/mol. The number of para-hydroxylation sites is 1. The molecule has 1 amide bonds. The minimum atomic E-state index is -0.0617. The van der Waals surface area contributed by atoms with Gasteiger partial charge in [-0.05, 0) is 30.4 Å². The quantitative estimate of drug-likeness (QED) is 0.847. The van der Waals surface area contributed by atoms with Gasteiger partial charge >= 0.3 is 0 Å². The lowest BCUT2D eigenvalue weighted by atomic mass is 9.70. The van der Waals surface area contributed by atoms with E-state index in [1.54, 1.807) is 0 Å². The van der Waals surface area contributed by atoms with E-state index >= 15 is 0 Å². The number of nitrogens with zero attached hydrogens (tertiary/aromatic N) is 3. The maximum atomic E-state index is 12.1. The predicted molar refractivity (Wildman–Crippen MR) is 98.7 cm³/mol. The van der Waals surface area contributed by atoms with Crippen LogP contribution in [0.2, 0.25) is 0 Å². The maximum absolute atomic E-state index is 12.1. The van der Waals surface area contributed by atoms with E-state index in [1.165, 1.54) is 18.2 Å². The summed E-state index contributed by atoms with van der Waals surface area (Å²) < 4.78 is 0. The van der Waals surface area contributed by atoms with Crippen molar-refractivity contribution in [1.82, 2.24) is 15.2 Å². The number of carbonyl (C=O) groups is 1. The van der Waals surface area contributed by atoms with Gasteiger partial charge in [-0.3, -0.25) is 4.79 Å². The summed E-state index contributed by atoms with van der Waals surface area (Å²) in [5.41, 5.74) is 3.19. The van der Waals surface area contributed by atoms with E-state index in [2.05, 4.69) is 36.3 Å². The number of nitrogens with one attached hydrogen (secondary N) is 1. The van der Waals surface area contributed by atoms with Crippen LogP contribution >= 0.6 is 11.8 Å². The SMILES string of the molecule is CC1(C)[C@@H]2CC[C@]1(C)c1nc(SCC(=O)Nc3ccccc3)nnc12. The van der Waals surface area contributed by atoms with Crippen molar-refractivity contribution >= 4 is 23.4 Å². The topological polar surface area (TPSA) is 67.8 Å². The average molecular weight is 354 g/mol. The first-order valence-electron chi connectivity index (χ1n) is 8.64. The number of rotatable bonds is 4. The first-order valence-corrected chi connectivity index (χ1v) is 9.63. The Morgan fingerprint density at radius 2 is 2.00 bits per heavy atom. The molecule has 1 N–H and O–H groups in total. The molecule has 0 saturated heterocycles. The summed E-state index contributed by atoms with van der Waals surface area (Å²) in [6.45, 7) is 6.92. The standard InChI is InChI=1S/C19H22N4OS/c1-18(2)13-9-10-19(18,3)16-15(13)22-23-17(21-16)25-11-14(24)20-12-7-5-4-6-8-12/h4-8,13H,9-11H2,1-3H3,(H,20,24)/t13-,19-/m1/s1. The van der Waals surface area contributed by atoms with E-state index < -0.39 is 0 Å². The van der Waals surface area contributed by atoms with Crippen LogP contribution in [0.3, 0.4) is 0 Å². The minimum Gasteiger partial charge on any atom is -0.325 e. The molecule has 1 fully saturated rings. The van der Waals surface area contributed by atoms with Gasteiger partial charge in [-0.2, -0.15) is 5.10 Å². The summed E-state index contributed by atoms with van der Waals surface area (Å²) in [5.74, 6) is 0.667. The fraction of sp³-hybridized carbons (Fsp3) is 0.474. The van der Waals surface area contributed by atoms with Crippen LogP contribution in [0, 0.1) is 5.41 Å². The first kappa shape index (κ1) is 16.5. The van der Waals surface area contributed by atoms with Crippen LogP contribution in [0.15, 0.2) is 35.5 Å². The molecule has 2 atom stereocenters. The molecular weight excluding hydrogens is 332 g/mol. The van der Waals surface area contributed by atoms with E-state index in [0.29, 0.717) is 11.1 Å². The van der Waals surface area contributed by atoms with Gasteiger partial charge in [-0.1, -0.05) is 50.7 Å². The second kappa shape index (κ2) is 5.80. The van der Waals surface area contributed by atoms with Crippen molar-refractivity contribution in [2.45, 2.75) is 50.1 Å². The molecule has 2 aliphatic carbocycles. The van der Waals surface area contributed by atoms with E-state index in [0.717, 1.165) is 23.5 Å².